The van der Waals surface area contributed by atoms with Crippen LogP contribution in [0.3, 0.4) is 0 Å². The molecule has 6 nitrogen and oxygen atoms in total. The van der Waals surface area contributed by atoms with Crippen LogP contribution in [0.5, 0.6) is 0 Å². The van der Waals surface area contributed by atoms with Gasteiger partial charge in [-0.05, 0) is 6.92 Å². The molecule has 0 spiro atoms. The van der Waals surface area contributed by atoms with Gasteiger partial charge in [-0.25, -0.2) is 9.59 Å². The van der Waals surface area contributed by atoms with Crippen molar-refractivity contribution in [3.05, 3.63) is 36.5 Å². The molecule has 2 N–H and O–H groups in total. The molecule has 1 heterocycles. The lowest BCUT2D eigenvalue weighted by Gasteiger charge is -2.16. The van der Waals surface area contributed by atoms with Crippen molar-refractivity contribution in [2.24, 2.45) is 0 Å². The molecule has 1 rings (SSSR count). The van der Waals surface area contributed by atoms with Crippen LogP contribution in [0.2, 0.25) is 0 Å². The second-order valence-electron chi connectivity index (χ2n) is 4.12. The average molecular weight is 268 g/mol. The van der Waals surface area contributed by atoms with Crippen LogP contribution in [-0.2, 0) is 19.1 Å². The molecule has 19 heavy (non-hydrogen) atoms. The first-order chi connectivity index (χ1) is 8.85. The minimum atomic E-state index is -1.62. The lowest BCUT2D eigenvalue weighted by Crippen LogP contribution is -2.36. The lowest BCUT2D eigenvalue weighted by atomic mass is 10.2. The maximum atomic E-state index is 10.9. The third-order valence-electron chi connectivity index (χ3n) is 2.50. The van der Waals surface area contributed by atoms with Gasteiger partial charge in [-0.3, -0.25) is 0 Å². The van der Waals surface area contributed by atoms with E-state index in [1.54, 1.807) is 31.2 Å². The number of rotatable bonds is 5. The van der Waals surface area contributed by atoms with Crippen molar-refractivity contribution >= 4 is 11.9 Å². The van der Waals surface area contributed by atoms with Gasteiger partial charge >= 0.3 is 11.9 Å². The van der Waals surface area contributed by atoms with Gasteiger partial charge in [0, 0.05) is 13.0 Å². The second-order valence-corrected chi connectivity index (χ2v) is 4.12. The predicted octanol–water partition coefficient (Wildman–Crippen LogP) is 1.34. The quantitative estimate of drug-likeness (QED) is 0.577. The normalized spacial score (nSPS) is 31.7. The van der Waals surface area contributed by atoms with E-state index in [0.717, 1.165) is 6.08 Å². The number of carboxylic acid groups (broad SMARTS) is 2. The number of hydrogen-bond acceptors (Lipinski definition) is 4. The molecular weight excluding hydrogens is 252 g/mol. The Morgan fingerprint density at radius 1 is 1.11 bits per heavy atom. The van der Waals surface area contributed by atoms with Crippen molar-refractivity contribution in [2.45, 2.75) is 31.8 Å². The van der Waals surface area contributed by atoms with Crippen molar-refractivity contribution in [1.29, 1.82) is 0 Å². The molecule has 0 radical (unpaired) electrons. The summed E-state index contributed by atoms with van der Waals surface area (Å²) in [6.45, 7) is 3.07. The maximum absolute atomic E-state index is 10.9. The smallest absolute Gasteiger partial charge is 0.364 e. The molecule has 6 heteroatoms. The Morgan fingerprint density at radius 3 is 2.26 bits per heavy atom. The Hall–Kier alpha value is -1.92. The van der Waals surface area contributed by atoms with Crippen LogP contribution in [0.1, 0.15) is 13.8 Å². The van der Waals surface area contributed by atoms with E-state index in [0.29, 0.717) is 0 Å². The molecule has 0 amide bonds. The molecule has 0 aliphatic carbocycles. The fourth-order valence-corrected chi connectivity index (χ4v) is 1.54. The van der Waals surface area contributed by atoms with Crippen LogP contribution >= 0.6 is 0 Å². The van der Waals surface area contributed by atoms with E-state index in [9.17, 15) is 9.59 Å². The summed E-state index contributed by atoms with van der Waals surface area (Å²) in [4.78, 5) is 21.1. The van der Waals surface area contributed by atoms with Crippen LogP contribution in [0.25, 0.3) is 0 Å². The molecule has 1 aliphatic heterocycles. The lowest BCUT2D eigenvalue weighted by molar-refractivity contribution is -0.200. The molecule has 0 aromatic carbocycles. The summed E-state index contributed by atoms with van der Waals surface area (Å²) in [6.07, 6.45) is 8.00. The Balaban J connectivity index is 2.54. The summed E-state index contributed by atoms with van der Waals surface area (Å²) >= 11 is 0. The molecule has 0 aromatic heterocycles. The van der Waals surface area contributed by atoms with Crippen LogP contribution in [0.4, 0.5) is 0 Å². The average Bonchev–Trinajstić information content (AvgIpc) is 2.60. The van der Waals surface area contributed by atoms with Crippen molar-refractivity contribution < 1.29 is 29.3 Å². The first-order valence-corrected chi connectivity index (χ1v) is 5.68. The zero-order valence-electron chi connectivity index (χ0n) is 10.6. The van der Waals surface area contributed by atoms with E-state index in [-0.39, 0.29) is 6.10 Å². The molecular formula is C13H16O6. The molecule has 104 valence electrons. The van der Waals surface area contributed by atoms with Gasteiger partial charge in [-0.2, -0.15) is 0 Å². The standard InChI is InChI=1S/C13H16O6/c1-9-10(19-13(2,18-9)12(16)17)7-5-3-4-6-8-11(14)15/h3-10H,1-2H3,(H,14,15)(H,16,17). The molecule has 1 fully saturated rings. The summed E-state index contributed by atoms with van der Waals surface area (Å²) in [5.74, 6) is -3.82. The summed E-state index contributed by atoms with van der Waals surface area (Å²) in [6, 6.07) is 0. The number of allylic oxidation sites excluding steroid dienone is 4. The topological polar surface area (TPSA) is 93.1 Å². The SMILES string of the molecule is CC1OC(C)(C(=O)O)OC1C=CC=CC=CC(=O)O. The van der Waals surface area contributed by atoms with Gasteiger partial charge < -0.3 is 19.7 Å². The molecule has 1 saturated heterocycles. The van der Waals surface area contributed by atoms with E-state index in [4.69, 9.17) is 19.7 Å². The number of carbonyl (C=O) groups is 2. The molecule has 0 aromatic rings. The first-order valence-electron chi connectivity index (χ1n) is 5.68. The molecule has 0 saturated carbocycles. The Kier molecular flexibility index (Phi) is 5.02. The molecule has 0 bridgehead atoms. The van der Waals surface area contributed by atoms with Crippen molar-refractivity contribution in [3.8, 4) is 0 Å². The van der Waals surface area contributed by atoms with Gasteiger partial charge in [0.2, 0.25) is 0 Å². The molecule has 3 unspecified atom stereocenters. The van der Waals surface area contributed by atoms with Gasteiger partial charge in [-0.15, -0.1) is 0 Å². The Bertz CT molecular complexity index is 436. The summed E-state index contributed by atoms with van der Waals surface area (Å²) in [7, 11) is 0. The summed E-state index contributed by atoms with van der Waals surface area (Å²) in [5.41, 5.74) is 0. The fraction of sp³-hybridized carbons (Fsp3) is 0.385. The maximum Gasteiger partial charge on any atom is 0.364 e. The number of carboxylic acids is 2. The van der Waals surface area contributed by atoms with Gasteiger partial charge in [0.05, 0.1) is 6.10 Å². The van der Waals surface area contributed by atoms with Crippen LogP contribution in [0.15, 0.2) is 36.5 Å². The first kappa shape index (κ1) is 15.1. The van der Waals surface area contributed by atoms with E-state index in [1.807, 2.05) is 0 Å². The highest BCUT2D eigenvalue weighted by atomic mass is 16.8. The fourth-order valence-electron chi connectivity index (χ4n) is 1.54. The van der Waals surface area contributed by atoms with Gasteiger partial charge in [0.1, 0.15) is 6.10 Å². The number of aliphatic carboxylic acids is 2. The van der Waals surface area contributed by atoms with E-state index in [1.165, 1.54) is 13.0 Å². The van der Waals surface area contributed by atoms with Crippen LogP contribution in [-0.4, -0.2) is 40.1 Å². The zero-order chi connectivity index (χ0) is 14.5. The number of hydrogen-bond donors (Lipinski definition) is 2. The highest BCUT2D eigenvalue weighted by Gasteiger charge is 2.47. The largest absolute Gasteiger partial charge is 0.478 e. The third-order valence-corrected chi connectivity index (χ3v) is 2.50. The number of ether oxygens (including phenoxy) is 2. The second kappa shape index (κ2) is 6.31. The minimum Gasteiger partial charge on any atom is -0.478 e. The Morgan fingerprint density at radius 2 is 1.74 bits per heavy atom. The highest BCUT2D eigenvalue weighted by molar-refractivity contribution is 5.80. The minimum absolute atomic E-state index is 0.375. The van der Waals surface area contributed by atoms with Gasteiger partial charge in [0.15, 0.2) is 0 Å². The zero-order valence-corrected chi connectivity index (χ0v) is 10.6. The predicted molar refractivity (Wildman–Crippen MR) is 66.5 cm³/mol. The monoisotopic (exact) mass is 268 g/mol. The molecule has 1 aliphatic rings. The van der Waals surface area contributed by atoms with Crippen molar-refractivity contribution in [2.75, 3.05) is 0 Å². The molecule has 3 atom stereocenters. The summed E-state index contributed by atoms with van der Waals surface area (Å²) in [5, 5.41) is 17.3. The van der Waals surface area contributed by atoms with Crippen molar-refractivity contribution in [1.82, 2.24) is 0 Å². The third kappa shape index (κ3) is 4.35. The van der Waals surface area contributed by atoms with Gasteiger partial charge in [0.25, 0.3) is 5.79 Å². The van der Waals surface area contributed by atoms with Crippen molar-refractivity contribution in [3.63, 3.8) is 0 Å². The van der Waals surface area contributed by atoms with Crippen LogP contribution in [0, 0.1) is 0 Å². The van der Waals surface area contributed by atoms with Gasteiger partial charge in [-0.1, -0.05) is 30.4 Å². The summed E-state index contributed by atoms with van der Waals surface area (Å²) < 4.78 is 10.6. The van der Waals surface area contributed by atoms with E-state index >= 15 is 0 Å². The van der Waals surface area contributed by atoms with E-state index in [2.05, 4.69) is 0 Å². The highest BCUT2D eigenvalue weighted by Crippen LogP contribution is 2.29. The van der Waals surface area contributed by atoms with E-state index < -0.39 is 23.8 Å². The Labute approximate surface area is 110 Å². The van der Waals surface area contributed by atoms with Crippen LogP contribution < -0.4 is 0 Å².